The van der Waals surface area contributed by atoms with Gasteiger partial charge in [-0.1, -0.05) is 37.3 Å². The van der Waals surface area contributed by atoms with Gasteiger partial charge in [0, 0.05) is 19.8 Å². The lowest BCUT2D eigenvalue weighted by atomic mass is 9.92. The Morgan fingerprint density at radius 2 is 2.06 bits per heavy atom. The predicted octanol–water partition coefficient (Wildman–Crippen LogP) is 3.05. The summed E-state index contributed by atoms with van der Waals surface area (Å²) in [7, 11) is 3.87. The highest BCUT2D eigenvalue weighted by atomic mass is 16.5. The molecule has 0 aliphatic heterocycles. The lowest BCUT2D eigenvalue weighted by molar-refractivity contribution is 0.167. The van der Waals surface area contributed by atoms with Crippen LogP contribution in [0.2, 0.25) is 0 Å². The standard InChI is InChI=1S/C16H25NO/c1-12(9-10-18-3)16(17-2)15-11-14(15)13-7-5-4-6-8-13/h4-8,12,14-17H,9-11H2,1-3H3. The van der Waals surface area contributed by atoms with E-state index in [1.54, 1.807) is 7.11 Å². The molecule has 0 aromatic heterocycles. The topological polar surface area (TPSA) is 21.3 Å². The van der Waals surface area contributed by atoms with Crippen molar-refractivity contribution in [2.24, 2.45) is 11.8 Å². The maximum atomic E-state index is 5.19. The van der Waals surface area contributed by atoms with Crippen molar-refractivity contribution in [2.75, 3.05) is 20.8 Å². The molecule has 4 atom stereocenters. The first-order valence-electron chi connectivity index (χ1n) is 6.99. The molecule has 2 rings (SSSR count). The molecule has 4 unspecified atom stereocenters. The molecule has 2 heteroatoms. The van der Waals surface area contributed by atoms with Crippen LogP contribution in [0.5, 0.6) is 0 Å². The molecule has 0 radical (unpaired) electrons. The molecule has 1 fully saturated rings. The van der Waals surface area contributed by atoms with Crippen molar-refractivity contribution in [3.05, 3.63) is 35.9 Å². The summed E-state index contributed by atoms with van der Waals surface area (Å²) in [5.74, 6) is 2.23. The number of methoxy groups -OCH3 is 1. The van der Waals surface area contributed by atoms with Gasteiger partial charge in [-0.05, 0) is 43.2 Å². The number of rotatable bonds is 7. The van der Waals surface area contributed by atoms with Crippen LogP contribution < -0.4 is 5.32 Å². The minimum atomic E-state index is 0.616. The van der Waals surface area contributed by atoms with E-state index >= 15 is 0 Å². The van der Waals surface area contributed by atoms with E-state index in [0.29, 0.717) is 12.0 Å². The largest absolute Gasteiger partial charge is 0.385 e. The van der Waals surface area contributed by atoms with Crippen LogP contribution in [0.15, 0.2) is 30.3 Å². The highest BCUT2D eigenvalue weighted by Crippen LogP contribution is 2.51. The molecule has 1 N–H and O–H groups in total. The Hall–Kier alpha value is -0.860. The van der Waals surface area contributed by atoms with Gasteiger partial charge in [0.2, 0.25) is 0 Å². The van der Waals surface area contributed by atoms with Gasteiger partial charge in [-0.25, -0.2) is 0 Å². The second kappa shape index (κ2) is 6.35. The fourth-order valence-electron chi connectivity index (χ4n) is 3.10. The van der Waals surface area contributed by atoms with Gasteiger partial charge < -0.3 is 10.1 Å². The first-order chi connectivity index (χ1) is 8.77. The van der Waals surface area contributed by atoms with Crippen molar-refractivity contribution < 1.29 is 4.74 Å². The third-order valence-electron chi connectivity index (χ3n) is 4.25. The van der Waals surface area contributed by atoms with Crippen molar-refractivity contribution in [3.8, 4) is 0 Å². The molecule has 100 valence electrons. The summed E-state index contributed by atoms with van der Waals surface area (Å²) in [6, 6.07) is 11.5. The van der Waals surface area contributed by atoms with Crippen molar-refractivity contribution >= 4 is 0 Å². The highest BCUT2D eigenvalue weighted by molar-refractivity contribution is 5.26. The Kier molecular flexibility index (Phi) is 4.79. The van der Waals surface area contributed by atoms with E-state index in [2.05, 4.69) is 49.6 Å². The minimum absolute atomic E-state index is 0.616. The molecule has 1 aromatic rings. The summed E-state index contributed by atoms with van der Waals surface area (Å²) in [5.41, 5.74) is 1.50. The van der Waals surface area contributed by atoms with Gasteiger partial charge in [0.25, 0.3) is 0 Å². The average molecular weight is 247 g/mol. The smallest absolute Gasteiger partial charge is 0.0465 e. The molecule has 1 aliphatic carbocycles. The zero-order valence-corrected chi connectivity index (χ0v) is 11.7. The molecule has 0 heterocycles. The Morgan fingerprint density at radius 3 is 2.67 bits per heavy atom. The number of nitrogens with one attached hydrogen (secondary N) is 1. The van der Waals surface area contributed by atoms with Crippen LogP contribution in [0.1, 0.15) is 31.2 Å². The van der Waals surface area contributed by atoms with Crippen molar-refractivity contribution in [1.82, 2.24) is 5.32 Å². The Bertz CT molecular complexity index is 351. The second-order valence-electron chi connectivity index (χ2n) is 5.49. The maximum absolute atomic E-state index is 5.19. The van der Waals surface area contributed by atoms with E-state index in [0.717, 1.165) is 24.9 Å². The lowest BCUT2D eigenvalue weighted by Gasteiger charge is -2.24. The number of hydrogen-bond donors (Lipinski definition) is 1. The van der Waals surface area contributed by atoms with E-state index in [-0.39, 0.29) is 0 Å². The number of benzene rings is 1. The minimum Gasteiger partial charge on any atom is -0.385 e. The van der Waals surface area contributed by atoms with Crippen molar-refractivity contribution in [2.45, 2.75) is 31.7 Å². The summed E-state index contributed by atoms with van der Waals surface area (Å²) in [6.45, 7) is 3.20. The second-order valence-corrected chi connectivity index (χ2v) is 5.49. The van der Waals surface area contributed by atoms with Gasteiger partial charge in [-0.2, -0.15) is 0 Å². The summed E-state index contributed by atoms with van der Waals surface area (Å²) in [6.07, 6.45) is 2.47. The quantitative estimate of drug-likeness (QED) is 0.799. The summed E-state index contributed by atoms with van der Waals surface area (Å²) in [5, 5.41) is 3.52. The van der Waals surface area contributed by atoms with Crippen LogP contribution in [-0.4, -0.2) is 26.8 Å². The SMILES string of the molecule is CNC(C(C)CCOC)C1CC1c1ccccc1. The van der Waals surface area contributed by atoms with Gasteiger partial charge in [0.1, 0.15) is 0 Å². The van der Waals surface area contributed by atoms with Crippen LogP contribution in [-0.2, 0) is 4.74 Å². The van der Waals surface area contributed by atoms with Crippen LogP contribution in [0.4, 0.5) is 0 Å². The molecule has 1 saturated carbocycles. The lowest BCUT2D eigenvalue weighted by Crippen LogP contribution is -2.35. The van der Waals surface area contributed by atoms with Crippen LogP contribution in [0, 0.1) is 11.8 Å². The number of ether oxygens (including phenoxy) is 1. The molecule has 18 heavy (non-hydrogen) atoms. The molecule has 0 saturated heterocycles. The van der Waals surface area contributed by atoms with Crippen LogP contribution in [0.25, 0.3) is 0 Å². The Balaban J connectivity index is 1.92. The molecule has 0 amide bonds. The van der Waals surface area contributed by atoms with Gasteiger partial charge in [0.15, 0.2) is 0 Å². The third-order valence-corrected chi connectivity index (χ3v) is 4.25. The van der Waals surface area contributed by atoms with Crippen molar-refractivity contribution in [1.29, 1.82) is 0 Å². The monoisotopic (exact) mass is 247 g/mol. The average Bonchev–Trinajstić information content (AvgIpc) is 3.18. The number of hydrogen-bond acceptors (Lipinski definition) is 2. The zero-order chi connectivity index (χ0) is 13.0. The maximum Gasteiger partial charge on any atom is 0.0465 e. The molecule has 0 spiro atoms. The van der Waals surface area contributed by atoms with Gasteiger partial charge in [-0.3, -0.25) is 0 Å². The Morgan fingerprint density at radius 1 is 1.33 bits per heavy atom. The van der Waals surface area contributed by atoms with E-state index in [4.69, 9.17) is 4.74 Å². The van der Waals surface area contributed by atoms with E-state index in [1.807, 2.05) is 0 Å². The molecule has 0 bridgehead atoms. The zero-order valence-electron chi connectivity index (χ0n) is 11.7. The van der Waals surface area contributed by atoms with Gasteiger partial charge >= 0.3 is 0 Å². The molecular weight excluding hydrogens is 222 g/mol. The van der Waals surface area contributed by atoms with Gasteiger partial charge in [0.05, 0.1) is 0 Å². The van der Waals surface area contributed by atoms with E-state index < -0.39 is 0 Å². The van der Waals surface area contributed by atoms with E-state index in [1.165, 1.54) is 12.0 Å². The summed E-state index contributed by atoms with van der Waals surface area (Å²) < 4.78 is 5.19. The predicted molar refractivity (Wildman–Crippen MR) is 75.8 cm³/mol. The van der Waals surface area contributed by atoms with Crippen molar-refractivity contribution in [3.63, 3.8) is 0 Å². The highest BCUT2D eigenvalue weighted by Gasteiger charge is 2.44. The first-order valence-corrected chi connectivity index (χ1v) is 6.99. The summed E-state index contributed by atoms with van der Waals surface area (Å²) >= 11 is 0. The van der Waals surface area contributed by atoms with E-state index in [9.17, 15) is 0 Å². The first kappa shape index (κ1) is 13.6. The molecule has 2 nitrogen and oxygen atoms in total. The van der Waals surface area contributed by atoms with Gasteiger partial charge in [-0.15, -0.1) is 0 Å². The molecule has 1 aromatic carbocycles. The Labute approximate surface area is 111 Å². The third kappa shape index (κ3) is 3.12. The molecular formula is C16H25NO. The van der Waals surface area contributed by atoms with Crippen LogP contribution >= 0.6 is 0 Å². The molecule has 1 aliphatic rings. The van der Waals surface area contributed by atoms with Crippen LogP contribution in [0.3, 0.4) is 0 Å². The fourth-order valence-corrected chi connectivity index (χ4v) is 3.10. The normalized spacial score (nSPS) is 25.7. The fraction of sp³-hybridized carbons (Fsp3) is 0.625. The summed E-state index contributed by atoms with van der Waals surface area (Å²) in [4.78, 5) is 0.